The maximum atomic E-state index is 9.37. The van der Waals surface area contributed by atoms with Gasteiger partial charge < -0.3 is 5.32 Å². The molecule has 0 amide bonds. The van der Waals surface area contributed by atoms with Crippen LogP contribution >= 0.6 is 10.8 Å². The van der Waals surface area contributed by atoms with Crippen LogP contribution in [0, 0.1) is 0 Å². The van der Waals surface area contributed by atoms with Crippen molar-refractivity contribution in [3.63, 3.8) is 0 Å². The molecule has 0 aliphatic carbocycles. The zero-order valence-electron chi connectivity index (χ0n) is 6.36. The molecular weight excluding hydrogens is 164 g/mol. The van der Waals surface area contributed by atoms with Gasteiger partial charge in [-0.1, -0.05) is 6.58 Å². The van der Waals surface area contributed by atoms with Crippen molar-refractivity contribution in [3.8, 4) is 0 Å². The van der Waals surface area contributed by atoms with Gasteiger partial charge in [0.2, 0.25) is 0 Å². The predicted molar refractivity (Wildman–Crippen MR) is 47.5 cm³/mol. The highest BCUT2D eigenvalue weighted by molar-refractivity contribution is 8.24. The number of piperazine rings is 1. The Kier molecular flexibility index (Phi) is 2.91. The van der Waals surface area contributed by atoms with E-state index in [1.54, 1.807) is 4.31 Å². The lowest BCUT2D eigenvalue weighted by Crippen LogP contribution is -2.43. The van der Waals surface area contributed by atoms with Gasteiger partial charge in [-0.3, -0.25) is 9.11 Å². The summed E-state index contributed by atoms with van der Waals surface area (Å²) in [5, 5.41) is 4.35. The lowest BCUT2D eigenvalue weighted by molar-refractivity contribution is 0.322. The molecule has 0 saturated carbocycles. The molecule has 0 aromatic rings. The first-order chi connectivity index (χ1) is 5.17. The van der Waals surface area contributed by atoms with Crippen molar-refractivity contribution >= 4 is 10.8 Å². The van der Waals surface area contributed by atoms with Gasteiger partial charge in [-0.2, -0.15) is 0 Å². The van der Waals surface area contributed by atoms with Crippen molar-refractivity contribution in [2.24, 2.45) is 0 Å². The van der Waals surface area contributed by atoms with E-state index in [4.69, 9.17) is 0 Å². The maximum absolute atomic E-state index is 9.37. The molecule has 0 spiro atoms. The smallest absolute Gasteiger partial charge is 0.0319 e. The summed E-state index contributed by atoms with van der Waals surface area (Å²) in [5.41, 5.74) is 0. The van der Waals surface area contributed by atoms with Gasteiger partial charge in [-0.05, 0) is 0 Å². The molecule has 1 heterocycles. The number of rotatable bonds is 2. The Morgan fingerprint density at radius 3 is 2.36 bits per heavy atom. The number of nitrogens with zero attached hydrogens (tertiary/aromatic N) is 1. The van der Waals surface area contributed by atoms with E-state index in [-0.39, 0.29) is 0 Å². The first-order valence-electron chi connectivity index (χ1n) is 3.53. The summed E-state index contributed by atoms with van der Waals surface area (Å²) in [6, 6.07) is 0. The quantitative estimate of drug-likeness (QED) is 0.582. The number of hydrogen-bond acceptors (Lipinski definition) is 4. The zero-order valence-corrected chi connectivity index (χ0v) is 7.18. The molecule has 0 bridgehead atoms. The van der Waals surface area contributed by atoms with E-state index < -0.39 is 10.8 Å². The van der Waals surface area contributed by atoms with Gasteiger partial charge in [-0.25, -0.2) is 4.31 Å². The molecule has 0 aromatic carbocycles. The minimum atomic E-state index is -2.66. The molecule has 1 saturated heterocycles. The molecule has 4 nitrogen and oxygen atoms in total. The van der Waals surface area contributed by atoms with E-state index >= 15 is 0 Å². The van der Waals surface area contributed by atoms with Crippen molar-refractivity contribution in [1.29, 1.82) is 0 Å². The number of hydrogen-bond donors (Lipinski definition) is 3. The van der Waals surface area contributed by atoms with Crippen LogP contribution in [0.3, 0.4) is 0 Å². The normalized spacial score (nSPS) is 23.1. The van der Waals surface area contributed by atoms with E-state index in [0.717, 1.165) is 13.1 Å². The minimum Gasteiger partial charge on any atom is -0.314 e. The zero-order chi connectivity index (χ0) is 8.32. The Morgan fingerprint density at radius 2 is 1.91 bits per heavy atom. The van der Waals surface area contributed by atoms with Crippen molar-refractivity contribution < 1.29 is 9.11 Å². The summed E-state index contributed by atoms with van der Waals surface area (Å²) in [6.07, 6.45) is 0. The third-order valence-electron chi connectivity index (χ3n) is 1.68. The van der Waals surface area contributed by atoms with Crippen molar-refractivity contribution in [2.75, 3.05) is 26.2 Å². The fraction of sp³-hybridized carbons (Fsp3) is 0.667. The maximum Gasteiger partial charge on any atom is 0.0319 e. The van der Waals surface area contributed by atoms with Gasteiger partial charge in [0.05, 0.1) is 0 Å². The Hall–Kier alpha value is -0.0700. The Labute approximate surface area is 68.4 Å². The fourth-order valence-electron chi connectivity index (χ4n) is 1.02. The monoisotopic (exact) mass is 178 g/mol. The summed E-state index contributed by atoms with van der Waals surface area (Å²) in [4.78, 5) is 0. The summed E-state index contributed by atoms with van der Waals surface area (Å²) in [6.45, 7) is 6.35. The standard InChI is InChI=1S/C6H14N2O2S/c1-2-11(9,10)8-5-3-7-4-6-8/h2,7,9-10H,1,3-6H2. The molecule has 1 aliphatic heterocycles. The average molecular weight is 178 g/mol. The molecule has 3 N–H and O–H groups in total. The lowest BCUT2D eigenvalue weighted by atomic mass is 10.4. The van der Waals surface area contributed by atoms with Crippen LogP contribution in [-0.2, 0) is 0 Å². The molecule has 5 heteroatoms. The molecule has 1 fully saturated rings. The first kappa shape index (κ1) is 9.02. The van der Waals surface area contributed by atoms with Gasteiger partial charge >= 0.3 is 0 Å². The van der Waals surface area contributed by atoms with Crippen molar-refractivity contribution in [3.05, 3.63) is 12.0 Å². The van der Waals surface area contributed by atoms with Crippen LogP contribution in [0.1, 0.15) is 0 Å². The number of nitrogens with one attached hydrogen (secondary N) is 1. The van der Waals surface area contributed by atoms with Gasteiger partial charge in [0, 0.05) is 31.6 Å². The largest absolute Gasteiger partial charge is 0.314 e. The Bertz CT molecular complexity index is 146. The third-order valence-corrected chi connectivity index (χ3v) is 3.25. The van der Waals surface area contributed by atoms with Crippen LogP contribution in [0.25, 0.3) is 0 Å². The highest BCUT2D eigenvalue weighted by Gasteiger charge is 2.20. The first-order valence-corrected chi connectivity index (χ1v) is 5.10. The third kappa shape index (κ3) is 2.18. The van der Waals surface area contributed by atoms with Crippen LogP contribution in [-0.4, -0.2) is 39.6 Å². The Balaban J connectivity index is 2.50. The Morgan fingerprint density at radius 1 is 1.36 bits per heavy atom. The SMILES string of the molecule is C=CS(O)(O)N1CCNCC1. The second-order valence-corrected chi connectivity index (χ2v) is 4.38. The van der Waals surface area contributed by atoms with Crippen LogP contribution in [0.4, 0.5) is 0 Å². The average Bonchev–Trinajstić information content (AvgIpc) is 2.06. The van der Waals surface area contributed by atoms with Gasteiger partial charge in [0.25, 0.3) is 0 Å². The van der Waals surface area contributed by atoms with Gasteiger partial charge in [0.1, 0.15) is 0 Å². The fourth-order valence-corrected chi connectivity index (χ4v) is 1.95. The molecule has 0 atom stereocenters. The van der Waals surface area contributed by atoms with Crippen LogP contribution in [0.2, 0.25) is 0 Å². The molecule has 0 aromatic heterocycles. The summed E-state index contributed by atoms with van der Waals surface area (Å²) in [5.74, 6) is 0. The van der Waals surface area contributed by atoms with Crippen LogP contribution < -0.4 is 5.32 Å². The molecule has 1 aliphatic rings. The molecule has 66 valence electrons. The second kappa shape index (κ2) is 3.55. The lowest BCUT2D eigenvalue weighted by Gasteiger charge is -2.42. The topological polar surface area (TPSA) is 55.7 Å². The summed E-state index contributed by atoms with van der Waals surface area (Å²) in [7, 11) is -2.66. The molecular formula is C6H14N2O2S. The van der Waals surface area contributed by atoms with Gasteiger partial charge in [-0.15, -0.1) is 10.8 Å². The molecule has 0 radical (unpaired) electrons. The molecule has 11 heavy (non-hydrogen) atoms. The predicted octanol–water partition coefficient (Wildman–Crippen LogP) is 0.701. The highest BCUT2D eigenvalue weighted by Crippen LogP contribution is 2.43. The summed E-state index contributed by atoms with van der Waals surface area (Å²) >= 11 is 0. The second-order valence-electron chi connectivity index (χ2n) is 2.41. The molecule has 0 unspecified atom stereocenters. The van der Waals surface area contributed by atoms with E-state index in [9.17, 15) is 9.11 Å². The van der Waals surface area contributed by atoms with Crippen LogP contribution in [0.15, 0.2) is 12.0 Å². The van der Waals surface area contributed by atoms with E-state index in [1.807, 2.05) is 0 Å². The van der Waals surface area contributed by atoms with E-state index in [2.05, 4.69) is 11.9 Å². The van der Waals surface area contributed by atoms with E-state index in [1.165, 1.54) is 5.41 Å². The van der Waals surface area contributed by atoms with E-state index in [0.29, 0.717) is 13.1 Å². The van der Waals surface area contributed by atoms with Crippen LogP contribution in [0.5, 0.6) is 0 Å². The minimum absolute atomic E-state index is 0.675. The highest BCUT2D eigenvalue weighted by atomic mass is 32.3. The molecule has 1 rings (SSSR count). The van der Waals surface area contributed by atoms with Crippen molar-refractivity contribution in [1.82, 2.24) is 9.62 Å². The van der Waals surface area contributed by atoms with Crippen molar-refractivity contribution in [2.45, 2.75) is 0 Å². The summed E-state index contributed by atoms with van der Waals surface area (Å²) < 4.78 is 20.4. The van der Waals surface area contributed by atoms with Gasteiger partial charge in [0.15, 0.2) is 0 Å².